The van der Waals surface area contributed by atoms with E-state index in [9.17, 15) is 0 Å². The van der Waals surface area contributed by atoms with E-state index in [1.165, 1.54) is 47.0 Å². The smallest absolute Gasteiger partial charge is 0.0909 e. The average molecular weight is 751 g/mol. The van der Waals surface area contributed by atoms with E-state index >= 15 is 0 Å². The van der Waals surface area contributed by atoms with Gasteiger partial charge in [-0.1, -0.05) is 115 Å². The van der Waals surface area contributed by atoms with E-state index in [0.717, 1.165) is 28.3 Å². The highest BCUT2D eigenvalue weighted by atomic mass is 32.3. The van der Waals surface area contributed by atoms with Crippen LogP contribution in [0.15, 0.2) is 250 Å². The van der Waals surface area contributed by atoms with Crippen LogP contribution < -0.4 is 10.0 Å². The molecule has 0 spiro atoms. The van der Waals surface area contributed by atoms with Gasteiger partial charge in [0, 0.05) is 48.4 Å². The summed E-state index contributed by atoms with van der Waals surface area (Å²) in [5.74, 6) is 0. The second kappa shape index (κ2) is 13.5. The summed E-state index contributed by atoms with van der Waals surface area (Å²) >= 11 is 0. The lowest BCUT2D eigenvalue weighted by atomic mass is 10.1. The van der Waals surface area contributed by atoms with Crippen LogP contribution in [0.5, 0.6) is 0 Å². The Morgan fingerprint density at radius 1 is 0.351 bits per heavy atom. The van der Waals surface area contributed by atoms with Crippen molar-refractivity contribution in [3.05, 3.63) is 231 Å². The molecule has 1 aromatic heterocycles. The van der Waals surface area contributed by atoms with Crippen LogP contribution in [0.3, 0.4) is 0 Å². The Morgan fingerprint density at radius 2 is 0.947 bits per heavy atom. The molecule has 8 aromatic carbocycles. The predicted octanol–water partition coefficient (Wildman–Crippen LogP) is 13.9. The fourth-order valence-electron chi connectivity index (χ4n) is 8.69. The Balaban J connectivity index is 1.20. The van der Waals surface area contributed by atoms with Crippen molar-refractivity contribution in [2.75, 3.05) is 10.0 Å². The molecule has 2 aliphatic rings. The molecule has 0 saturated carbocycles. The van der Waals surface area contributed by atoms with Crippen molar-refractivity contribution in [3.8, 4) is 16.8 Å². The zero-order valence-electron chi connectivity index (χ0n) is 31.1. The molecule has 0 N–H and O–H groups in total. The molecule has 57 heavy (non-hydrogen) atoms. The summed E-state index contributed by atoms with van der Waals surface area (Å²) in [5.41, 5.74) is 9.22. The van der Waals surface area contributed by atoms with E-state index in [0.29, 0.717) is 0 Å². The first kappa shape index (κ1) is 33.2. The van der Waals surface area contributed by atoms with Crippen LogP contribution >= 0.6 is 10.0 Å². The van der Waals surface area contributed by atoms with Gasteiger partial charge in [0.25, 0.3) is 0 Å². The fraction of sp³-hybridized carbons (Fsp3) is 0. The molecule has 0 atom stereocenters. The maximum absolute atomic E-state index is 2.48. The molecular weight excluding hydrogens is 713 g/mol. The minimum atomic E-state index is -1.91. The summed E-state index contributed by atoms with van der Waals surface area (Å²) < 4.78 is 2.48. The van der Waals surface area contributed by atoms with Gasteiger partial charge in [-0.05, 0) is 114 Å². The molecule has 0 amide bonds. The lowest BCUT2D eigenvalue weighted by Crippen LogP contribution is -2.40. The fourth-order valence-corrected chi connectivity index (χ4v) is 12.6. The Morgan fingerprint density at radius 3 is 1.63 bits per heavy atom. The lowest BCUT2D eigenvalue weighted by Gasteiger charge is -2.42. The van der Waals surface area contributed by atoms with E-state index in [1.807, 2.05) is 0 Å². The summed E-state index contributed by atoms with van der Waals surface area (Å²) in [6, 6.07) is 75.8. The van der Waals surface area contributed by atoms with Crippen LogP contribution in [-0.2, 0) is 0 Å². The molecule has 0 bridgehead atoms. The normalized spacial score (nSPS) is 13.6. The van der Waals surface area contributed by atoms with Crippen molar-refractivity contribution in [1.29, 1.82) is 0 Å². The molecule has 11 rings (SSSR count). The van der Waals surface area contributed by atoms with Gasteiger partial charge in [0.05, 0.1) is 28.1 Å². The van der Waals surface area contributed by atoms with Gasteiger partial charge in [-0.25, -0.2) is 10.0 Å². The molecule has 3 heterocycles. The Bertz CT molecular complexity index is 2880. The van der Waals surface area contributed by atoms with Gasteiger partial charge >= 0.3 is 0 Å². The highest BCUT2D eigenvalue weighted by Crippen LogP contribution is 2.73. The molecule has 9 aromatic rings. The minimum Gasteiger partial charge on any atom is -0.309 e. The molecule has 0 saturated heterocycles. The van der Waals surface area contributed by atoms with Crippen molar-refractivity contribution in [2.24, 2.45) is 0 Å². The number of hydrazine groups is 2. The Kier molecular flexibility index (Phi) is 7.86. The first-order valence-electron chi connectivity index (χ1n) is 19.3. The minimum absolute atomic E-state index is 1.09. The van der Waals surface area contributed by atoms with E-state index < -0.39 is 10.0 Å². The molecule has 272 valence electrons. The quantitative estimate of drug-likeness (QED) is 0.161. The zero-order chi connectivity index (χ0) is 37.8. The molecule has 0 aliphatic carbocycles. The number of hydrogen-bond acceptors (Lipinski definition) is 3. The molecular formula is C52H38N4S. The lowest BCUT2D eigenvalue weighted by molar-refractivity contribution is 0.408. The van der Waals surface area contributed by atoms with Crippen molar-refractivity contribution in [1.82, 2.24) is 9.69 Å². The molecule has 0 unspecified atom stereocenters. The summed E-state index contributed by atoms with van der Waals surface area (Å²) in [6.45, 7) is 0. The second-order valence-electron chi connectivity index (χ2n) is 14.3. The van der Waals surface area contributed by atoms with Crippen LogP contribution in [0.1, 0.15) is 0 Å². The van der Waals surface area contributed by atoms with Crippen molar-refractivity contribution >= 4 is 48.9 Å². The summed E-state index contributed by atoms with van der Waals surface area (Å²) in [6.07, 6.45) is 8.40. The molecule has 0 fully saturated rings. The van der Waals surface area contributed by atoms with Crippen molar-refractivity contribution in [2.45, 2.75) is 19.6 Å². The van der Waals surface area contributed by atoms with Gasteiger partial charge in [0.1, 0.15) is 0 Å². The molecule has 4 nitrogen and oxygen atoms in total. The van der Waals surface area contributed by atoms with Gasteiger partial charge in [0.2, 0.25) is 0 Å². The number of nitrogens with zero attached hydrogens (tertiary/aromatic N) is 4. The second-order valence-corrected chi connectivity index (χ2v) is 17.4. The van der Waals surface area contributed by atoms with E-state index in [2.05, 4.69) is 251 Å². The van der Waals surface area contributed by atoms with E-state index in [-0.39, 0.29) is 0 Å². The third-order valence-electron chi connectivity index (χ3n) is 11.2. The van der Waals surface area contributed by atoms with Crippen LogP contribution in [0.2, 0.25) is 0 Å². The number of aromatic nitrogens is 1. The summed E-state index contributed by atoms with van der Waals surface area (Å²) in [4.78, 5) is 5.20. The Labute approximate surface area is 334 Å². The van der Waals surface area contributed by atoms with E-state index in [1.54, 1.807) is 0 Å². The molecule has 0 radical (unpaired) electrons. The number of rotatable bonds is 7. The maximum atomic E-state index is 2.48. The number of fused-ring (bicyclic) bond motifs is 6. The van der Waals surface area contributed by atoms with E-state index in [4.69, 9.17) is 0 Å². The number of hydrogen-bond donors (Lipinski definition) is 0. The van der Waals surface area contributed by atoms with Gasteiger partial charge in [0.15, 0.2) is 0 Å². The standard InChI is InChI=1S/C52H38N4S/c1-5-18-39(19-6-1)40-20-17-21-41(36-40)55-49-33-30-42(56-51-29-14-13-28-50(51)53-34-15-16-35-54(53)56)37-48(49)47-32-31-46(38-52(47)55)57(43-22-7-2-8-23-43,44-24-9-3-10-25-44)45-26-11-4-12-27-45/h1-38H. The third-order valence-corrected chi connectivity index (χ3v) is 15.1. The van der Waals surface area contributed by atoms with Crippen LogP contribution in [0.4, 0.5) is 17.1 Å². The zero-order valence-corrected chi connectivity index (χ0v) is 32.0. The predicted molar refractivity (Wildman–Crippen MR) is 237 cm³/mol. The monoisotopic (exact) mass is 750 g/mol. The third kappa shape index (κ3) is 5.24. The molecule has 2 aliphatic heterocycles. The van der Waals surface area contributed by atoms with Crippen molar-refractivity contribution in [3.63, 3.8) is 0 Å². The average Bonchev–Trinajstić information content (AvgIpc) is 3.80. The van der Waals surface area contributed by atoms with Crippen LogP contribution in [0.25, 0.3) is 38.6 Å². The highest BCUT2D eigenvalue weighted by Gasteiger charge is 2.35. The van der Waals surface area contributed by atoms with Crippen LogP contribution in [0, 0.1) is 0 Å². The molecule has 5 heteroatoms. The number of para-hydroxylation sites is 2. The number of allylic oxidation sites excluding steroid dienone is 2. The first-order valence-corrected chi connectivity index (χ1v) is 21.0. The Hall–Kier alpha value is -7.21. The summed E-state index contributed by atoms with van der Waals surface area (Å²) in [7, 11) is -1.91. The number of benzene rings is 8. The van der Waals surface area contributed by atoms with Gasteiger partial charge in [-0.15, -0.1) is 10.0 Å². The SMILES string of the molecule is C1=CN2c3ccccc3N(c3ccc4c(c3)c3ccc(S(c5ccccc5)(c5ccccc5)c5ccccc5)cc3n4-c3cccc(-c4ccccc4)c3)N2C=C1. The number of anilines is 3. The van der Waals surface area contributed by atoms with Crippen molar-refractivity contribution < 1.29 is 0 Å². The van der Waals surface area contributed by atoms with Gasteiger partial charge in [-0.2, -0.15) is 5.12 Å². The largest absolute Gasteiger partial charge is 0.309 e. The maximum Gasteiger partial charge on any atom is 0.0909 e. The highest BCUT2D eigenvalue weighted by molar-refractivity contribution is 8.34. The van der Waals surface area contributed by atoms with Gasteiger partial charge in [-0.3, -0.25) is 0 Å². The first-order chi connectivity index (χ1) is 28.3. The van der Waals surface area contributed by atoms with Gasteiger partial charge < -0.3 is 4.57 Å². The summed E-state index contributed by atoms with van der Waals surface area (Å²) in [5, 5.41) is 9.10. The topological polar surface area (TPSA) is 14.7 Å². The van der Waals surface area contributed by atoms with Crippen LogP contribution in [-0.4, -0.2) is 9.69 Å².